The molecule has 2 fully saturated rings. The lowest BCUT2D eigenvalue weighted by Crippen LogP contribution is -2.46. The fraction of sp³-hybridized carbons (Fsp3) is 0.667. The summed E-state index contributed by atoms with van der Waals surface area (Å²) in [5.41, 5.74) is 2.63. The smallest absolute Gasteiger partial charge is 0.191 e. The monoisotopic (exact) mass is 518 g/mol. The van der Waals surface area contributed by atoms with Crippen LogP contribution in [0, 0.1) is 6.92 Å². The highest BCUT2D eigenvalue weighted by Crippen LogP contribution is 2.34. The molecule has 2 saturated heterocycles. The molecule has 1 atom stereocenters. The molecule has 0 aliphatic carbocycles. The molecule has 2 N–H and O–H groups in total. The van der Waals surface area contributed by atoms with Gasteiger partial charge in [-0.3, -0.25) is 4.99 Å². The highest BCUT2D eigenvalue weighted by molar-refractivity contribution is 14.0. The lowest BCUT2D eigenvalue weighted by molar-refractivity contribution is 0.0794. The molecule has 0 spiro atoms. The normalized spacial score (nSPS) is 21.9. The molecular weight excluding hydrogens is 483 g/mol. The summed E-state index contributed by atoms with van der Waals surface area (Å²) >= 11 is 1.94. The summed E-state index contributed by atoms with van der Waals surface area (Å²) in [6, 6.07) is 9.27. The van der Waals surface area contributed by atoms with Crippen LogP contribution in [0.25, 0.3) is 0 Å². The first-order chi connectivity index (χ1) is 13.1. The Bertz CT molecular complexity index is 619. The van der Waals surface area contributed by atoms with E-state index in [1.165, 1.54) is 11.3 Å². The zero-order valence-corrected chi connectivity index (χ0v) is 20.5. The standard InChI is InChI=1S/C21H34N4OS.HI/c1-4-22-20(23-16-21(27-3)10-13-26-14-11-21)24-18-9-12-25(15-18)19-7-5-17(2)6-8-19;/h5-8,18H,4,9-16H2,1-3H3,(H2,22,23,24);1H. The summed E-state index contributed by atoms with van der Waals surface area (Å²) in [4.78, 5) is 7.41. The van der Waals surface area contributed by atoms with E-state index in [2.05, 4.69) is 59.9 Å². The molecule has 0 saturated carbocycles. The lowest BCUT2D eigenvalue weighted by Gasteiger charge is -2.34. The summed E-state index contributed by atoms with van der Waals surface area (Å²) in [5, 5.41) is 7.10. The average Bonchev–Trinajstić information content (AvgIpc) is 3.16. The summed E-state index contributed by atoms with van der Waals surface area (Å²) in [5.74, 6) is 0.952. The van der Waals surface area contributed by atoms with E-state index in [-0.39, 0.29) is 28.7 Å². The molecule has 2 aliphatic rings. The third kappa shape index (κ3) is 6.42. The van der Waals surface area contributed by atoms with Gasteiger partial charge in [-0.15, -0.1) is 24.0 Å². The second kappa shape index (κ2) is 11.5. The zero-order chi connectivity index (χ0) is 19.1. The number of nitrogens with one attached hydrogen (secondary N) is 2. The van der Waals surface area contributed by atoms with Crippen LogP contribution in [-0.4, -0.2) is 62.4 Å². The van der Waals surface area contributed by atoms with Crippen LogP contribution in [0.2, 0.25) is 0 Å². The third-order valence-corrected chi connectivity index (χ3v) is 7.04. The third-order valence-electron chi connectivity index (χ3n) is 5.63. The second-order valence-corrected chi connectivity index (χ2v) is 8.88. The van der Waals surface area contributed by atoms with E-state index in [0.717, 1.165) is 64.6 Å². The molecule has 0 radical (unpaired) electrons. The number of hydrogen-bond donors (Lipinski definition) is 2. The SMILES string of the molecule is CCNC(=NCC1(SC)CCOCC1)NC1CCN(c2ccc(C)cc2)C1.I. The lowest BCUT2D eigenvalue weighted by atomic mass is 9.99. The first kappa shape index (κ1) is 23.6. The predicted octanol–water partition coefficient (Wildman–Crippen LogP) is 3.66. The molecule has 2 heterocycles. The molecule has 28 heavy (non-hydrogen) atoms. The number of rotatable bonds is 6. The van der Waals surface area contributed by atoms with E-state index in [4.69, 9.17) is 9.73 Å². The number of ether oxygens (including phenoxy) is 1. The van der Waals surface area contributed by atoms with Gasteiger partial charge < -0.3 is 20.3 Å². The van der Waals surface area contributed by atoms with Crippen molar-refractivity contribution in [2.24, 2.45) is 4.99 Å². The van der Waals surface area contributed by atoms with Gasteiger partial charge in [0.25, 0.3) is 0 Å². The van der Waals surface area contributed by atoms with Crippen molar-refractivity contribution in [1.29, 1.82) is 0 Å². The fourth-order valence-corrected chi connectivity index (χ4v) is 4.54. The molecule has 0 amide bonds. The fourth-order valence-electron chi connectivity index (χ4n) is 3.77. The Morgan fingerprint density at radius 2 is 2.00 bits per heavy atom. The van der Waals surface area contributed by atoms with E-state index >= 15 is 0 Å². The Hall–Kier alpha value is -0.670. The van der Waals surface area contributed by atoms with Crippen molar-refractivity contribution in [2.75, 3.05) is 50.5 Å². The minimum Gasteiger partial charge on any atom is -0.381 e. The Morgan fingerprint density at radius 1 is 1.29 bits per heavy atom. The van der Waals surface area contributed by atoms with Gasteiger partial charge in [-0.1, -0.05) is 17.7 Å². The number of halogens is 1. The summed E-state index contributed by atoms with van der Waals surface area (Å²) in [6.45, 7) is 9.82. The van der Waals surface area contributed by atoms with Crippen LogP contribution in [0.5, 0.6) is 0 Å². The summed E-state index contributed by atoms with van der Waals surface area (Å²) in [7, 11) is 0. The van der Waals surface area contributed by atoms with Gasteiger partial charge in [0.1, 0.15) is 0 Å². The largest absolute Gasteiger partial charge is 0.381 e. The Labute approximate surface area is 191 Å². The van der Waals surface area contributed by atoms with Crippen molar-refractivity contribution in [3.8, 4) is 0 Å². The van der Waals surface area contributed by atoms with Crippen LogP contribution in [-0.2, 0) is 4.74 Å². The highest BCUT2D eigenvalue weighted by atomic mass is 127. The topological polar surface area (TPSA) is 48.9 Å². The van der Waals surface area contributed by atoms with Crippen LogP contribution in [0.1, 0.15) is 31.7 Å². The minimum absolute atomic E-state index is 0. The van der Waals surface area contributed by atoms with Crippen molar-refractivity contribution in [3.63, 3.8) is 0 Å². The van der Waals surface area contributed by atoms with Gasteiger partial charge in [0.2, 0.25) is 0 Å². The second-order valence-electron chi connectivity index (χ2n) is 7.61. The van der Waals surface area contributed by atoms with Crippen molar-refractivity contribution in [2.45, 2.75) is 43.9 Å². The molecule has 158 valence electrons. The van der Waals surface area contributed by atoms with Crippen molar-refractivity contribution < 1.29 is 4.74 Å². The zero-order valence-electron chi connectivity index (χ0n) is 17.4. The van der Waals surface area contributed by atoms with Crippen LogP contribution < -0.4 is 15.5 Å². The Balaban J connectivity index is 0.00000280. The van der Waals surface area contributed by atoms with Gasteiger partial charge in [0.05, 0.1) is 6.54 Å². The maximum Gasteiger partial charge on any atom is 0.191 e. The quantitative estimate of drug-likeness (QED) is 0.342. The number of aryl methyl sites for hydroxylation is 1. The van der Waals surface area contributed by atoms with E-state index < -0.39 is 0 Å². The first-order valence-corrected chi connectivity index (χ1v) is 11.4. The van der Waals surface area contributed by atoms with E-state index in [1.54, 1.807) is 0 Å². The molecule has 7 heteroatoms. The van der Waals surface area contributed by atoms with Gasteiger partial charge in [-0.25, -0.2) is 0 Å². The summed E-state index contributed by atoms with van der Waals surface area (Å²) in [6.07, 6.45) is 5.51. The van der Waals surface area contributed by atoms with Crippen molar-refractivity contribution >= 4 is 47.4 Å². The molecule has 0 bridgehead atoms. The molecule has 1 aromatic carbocycles. The van der Waals surface area contributed by atoms with Gasteiger partial charge in [-0.2, -0.15) is 11.8 Å². The van der Waals surface area contributed by atoms with Gasteiger partial charge in [0.15, 0.2) is 5.96 Å². The maximum absolute atomic E-state index is 5.55. The maximum atomic E-state index is 5.55. The molecule has 0 aromatic heterocycles. The molecule has 1 unspecified atom stereocenters. The number of aliphatic imine (C=N–C) groups is 1. The van der Waals surface area contributed by atoms with Gasteiger partial charge in [-0.05, 0) is 51.5 Å². The van der Waals surface area contributed by atoms with Crippen LogP contribution in [0.4, 0.5) is 5.69 Å². The van der Waals surface area contributed by atoms with Gasteiger partial charge >= 0.3 is 0 Å². The van der Waals surface area contributed by atoms with Crippen LogP contribution in [0.3, 0.4) is 0 Å². The number of nitrogens with zero attached hydrogens (tertiary/aromatic N) is 2. The number of anilines is 1. The average molecular weight is 519 g/mol. The number of guanidine groups is 1. The molecule has 2 aliphatic heterocycles. The van der Waals surface area contributed by atoms with Gasteiger partial charge in [0, 0.05) is 49.3 Å². The number of hydrogen-bond acceptors (Lipinski definition) is 4. The Kier molecular flexibility index (Phi) is 9.69. The number of benzene rings is 1. The van der Waals surface area contributed by atoms with E-state index in [1.807, 2.05) is 11.8 Å². The van der Waals surface area contributed by atoms with E-state index in [0.29, 0.717) is 6.04 Å². The van der Waals surface area contributed by atoms with Crippen LogP contribution in [0.15, 0.2) is 29.3 Å². The minimum atomic E-state index is 0. The van der Waals surface area contributed by atoms with Crippen molar-refractivity contribution in [3.05, 3.63) is 29.8 Å². The molecule has 1 aromatic rings. The molecule has 3 rings (SSSR count). The molecular formula is C21H35IN4OS. The molecule has 5 nitrogen and oxygen atoms in total. The highest BCUT2D eigenvalue weighted by Gasteiger charge is 2.32. The van der Waals surface area contributed by atoms with E-state index in [9.17, 15) is 0 Å². The Morgan fingerprint density at radius 3 is 2.64 bits per heavy atom. The number of thioether (sulfide) groups is 1. The first-order valence-electron chi connectivity index (χ1n) is 10.1. The summed E-state index contributed by atoms with van der Waals surface area (Å²) < 4.78 is 5.78. The predicted molar refractivity (Wildman–Crippen MR) is 133 cm³/mol. The van der Waals surface area contributed by atoms with Crippen molar-refractivity contribution in [1.82, 2.24) is 10.6 Å². The van der Waals surface area contributed by atoms with Crippen LogP contribution >= 0.6 is 35.7 Å².